The van der Waals surface area contributed by atoms with Crippen LogP contribution in [0.3, 0.4) is 0 Å². The van der Waals surface area contributed by atoms with Crippen molar-refractivity contribution in [3.05, 3.63) is 188 Å². The van der Waals surface area contributed by atoms with Gasteiger partial charge in [0.1, 0.15) is 5.65 Å². The molecule has 51 heavy (non-hydrogen) atoms. The zero-order chi connectivity index (χ0) is 33.9. The SMILES string of the molecule is S=P(c1ccccc1)(c1ccccc1)c1ccc(-c2cccc(-c3ccc4c5c6ccccc6ccc5c5nc6ccccc6n5c4c3)c2)cc1. The van der Waals surface area contributed by atoms with Crippen LogP contribution in [-0.2, 0) is 11.8 Å². The Hall–Kier alpha value is -5.86. The zero-order valence-electron chi connectivity index (χ0n) is 27.6. The topological polar surface area (TPSA) is 17.3 Å². The van der Waals surface area contributed by atoms with Crippen LogP contribution in [0.4, 0.5) is 0 Å². The molecule has 0 fully saturated rings. The summed E-state index contributed by atoms with van der Waals surface area (Å²) < 4.78 is 2.34. The number of benzene rings is 8. The zero-order valence-corrected chi connectivity index (χ0v) is 29.4. The number of fused-ring (bicyclic) bond motifs is 10. The number of rotatable bonds is 5. The van der Waals surface area contributed by atoms with E-state index in [1.807, 2.05) is 0 Å². The van der Waals surface area contributed by atoms with Gasteiger partial charge in [0.15, 0.2) is 0 Å². The number of imidazole rings is 1. The monoisotopic (exact) mass is 686 g/mol. The van der Waals surface area contributed by atoms with E-state index in [9.17, 15) is 0 Å². The molecule has 2 heterocycles. The first-order valence-corrected chi connectivity index (χ1v) is 20.0. The van der Waals surface area contributed by atoms with Crippen molar-refractivity contribution >= 4 is 82.9 Å². The summed E-state index contributed by atoms with van der Waals surface area (Å²) in [6, 6.07) is 65.3. The van der Waals surface area contributed by atoms with Crippen molar-refractivity contribution in [2.45, 2.75) is 0 Å². The van der Waals surface area contributed by atoms with Crippen molar-refractivity contribution in [1.82, 2.24) is 9.38 Å². The molecule has 0 saturated heterocycles. The van der Waals surface area contributed by atoms with Crippen LogP contribution < -0.4 is 15.9 Å². The third kappa shape index (κ3) is 4.77. The average molecular weight is 687 g/mol. The summed E-state index contributed by atoms with van der Waals surface area (Å²) in [5.74, 6) is 0. The number of nitrogens with zero attached hydrogens (tertiary/aromatic N) is 2. The van der Waals surface area contributed by atoms with E-state index in [2.05, 4.69) is 192 Å². The largest absolute Gasteiger partial charge is 0.292 e. The lowest BCUT2D eigenvalue weighted by Crippen LogP contribution is -2.24. The molecule has 0 atom stereocenters. The Labute approximate surface area is 301 Å². The molecule has 8 aromatic carbocycles. The molecule has 0 unspecified atom stereocenters. The molecule has 10 aromatic rings. The Bertz CT molecular complexity index is 2940. The number of aromatic nitrogens is 2. The smallest absolute Gasteiger partial charge is 0.146 e. The molecule has 10 rings (SSSR count). The Balaban J connectivity index is 1.11. The van der Waals surface area contributed by atoms with E-state index in [1.54, 1.807) is 0 Å². The molecule has 0 bridgehead atoms. The van der Waals surface area contributed by atoms with Gasteiger partial charge in [-0.1, -0.05) is 170 Å². The molecule has 2 nitrogen and oxygen atoms in total. The van der Waals surface area contributed by atoms with E-state index >= 15 is 0 Å². The fourth-order valence-electron chi connectivity index (χ4n) is 7.77. The summed E-state index contributed by atoms with van der Waals surface area (Å²) >= 11 is 6.60. The van der Waals surface area contributed by atoms with Gasteiger partial charge in [0, 0.05) is 22.2 Å². The minimum atomic E-state index is -2.21. The van der Waals surface area contributed by atoms with Gasteiger partial charge in [0.2, 0.25) is 0 Å². The van der Waals surface area contributed by atoms with Crippen LogP contribution in [-0.4, -0.2) is 9.38 Å². The maximum absolute atomic E-state index is 6.60. The van der Waals surface area contributed by atoms with Crippen LogP contribution in [0.1, 0.15) is 0 Å². The van der Waals surface area contributed by atoms with Gasteiger partial charge in [-0.2, -0.15) is 0 Å². The Morgan fingerprint density at radius 2 is 1.00 bits per heavy atom. The third-order valence-corrected chi connectivity index (χ3v) is 15.2. The maximum Gasteiger partial charge on any atom is 0.146 e. The number of para-hydroxylation sites is 2. The van der Waals surface area contributed by atoms with E-state index in [-0.39, 0.29) is 0 Å². The van der Waals surface area contributed by atoms with Crippen LogP contribution in [0.2, 0.25) is 0 Å². The Morgan fingerprint density at radius 3 is 1.76 bits per heavy atom. The molecule has 0 N–H and O–H groups in total. The van der Waals surface area contributed by atoms with Crippen LogP contribution in [0.15, 0.2) is 188 Å². The minimum absolute atomic E-state index is 0.988. The number of hydrogen-bond acceptors (Lipinski definition) is 2. The first-order chi connectivity index (χ1) is 25.2. The molecule has 0 aliphatic heterocycles. The summed E-state index contributed by atoms with van der Waals surface area (Å²) in [5.41, 5.74) is 8.95. The summed E-state index contributed by atoms with van der Waals surface area (Å²) in [5, 5.41) is 9.73. The third-order valence-electron chi connectivity index (χ3n) is 10.2. The molecule has 0 amide bonds. The first-order valence-electron chi connectivity index (χ1n) is 17.2. The normalized spacial score (nSPS) is 12.0. The average Bonchev–Trinajstić information content (AvgIpc) is 3.61. The molecular weight excluding hydrogens is 656 g/mol. The second-order valence-corrected chi connectivity index (χ2v) is 17.5. The lowest BCUT2D eigenvalue weighted by molar-refractivity contribution is 1.32. The molecular formula is C47H31N2PS. The molecule has 0 aliphatic rings. The van der Waals surface area contributed by atoms with E-state index in [1.165, 1.54) is 65.1 Å². The summed E-state index contributed by atoms with van der Waals surface area (Å²) in [7, 11) is 0. The van der Waals surface area contributed by atoms with E-state index in [0.29, 0.717) is 0 Å². The fraction of sp³-hybridized carbons (Fsp3) is 0. The van der Waals surface area contributed by atoms with Crippen molar-refractivity contribution in [1.29, 1.82) is 0 Å². The molecule has 0 radical (unpaired) electrons. The molecule has 2 aromatic heterocycles. The van der Waals surface area contributed by atoms with Gasteiger partial charge in [-0.3, -0.25) is 4.40 Å². The first kappa shape index (κ1) is 30.0. The molecule has 0 aliphatic carbocycles. The Morgan fingerprint density at radius 1 is 0.412 bits per heavy atom. The summed E-state index contributed by atoms with van der Waals surface area (Å²) in [4.78, 5) is 5.18. The van der Waals surface area contributed by atoms with Crippen LogP contribution in [0.25, 0.3) is 71.4 Å². The standard InChI is InChI=1S/C47H31N2PS/c51-50(37-15-3-1-4-16-37,38-17-5-2-6-18-38)39-26-22-32(23-27-39)34-13-11-14-35(30-34)36-25-28-41-45(31-36)49-44-21-10-9-20-43(44)48-47(49)42-29-24-33-12-7-8-19-40(33)46(41)42/h1-31H. The highest BCUT2D eigenvalue weighted by molar-refractivity contribution is 8.25. The van der Waals surface area contributed by atoms with Gasteiger partial charge in [-0.25, -0.2) is 4.98 Å². The van der Waals surface area contributed by atoms with Crippen molar-refractivity contribution in [3.8, 4) is 22.3 Å². The van der Waals surface area contributed by atoms with Gasteiger partial charge in [0.05, 0.1) is 16.6 Å². The van der Waals surface area contributed by atoms with Crippen LogP contribution >= 0.6 is 6.04 Å². The highest BCUT2D eigenvalue weighted by Crippen LogP contribution is 2.43. The fourth-order valence-corrected chi connectivity index (χ4v) is 11.5. The van der Waals surface area contributed by atoms with E-state index < -0.39 is 6.04 Å². The van der Waals surface area contributed by atoms with Crippen molar-refractivity contribution < 1.29 is 0 Å². The second kappa shape index (κ2) is 11.9. The predicted molar refractivity (Wildman–Crippen MR) is 222 cm³/mol. The highest BCUT2D eigenvalue weighted by atomic mass is 32.4. The summed E-state index contributed by atoms with van der Waals surface area (Å²) in [6.45, 7) is 0. The maximum atomic E-state index is 6.60. The molecule has 0 saturated carbocycles. The van der Waals surface area contributed by atoms with Gasteiger partial charge < -0.3 is 0 Å². The van der Waals surface area contributed by atoms with Crippen molar-refractivity contribution in [2.75, 3.05) is 0 Å². The lowest BCUT2D eigenvalue weighted by atomic mass is 9.95. The van der Waals surface area contributed by atoms with Crippen molar-refractivity contribution in [2.24, 2.45) is 0 Å². The second-order valence-electron chi connectivity index (χ2n) is 13.1. The van der Waals surface area contributed by atoms with Gasteiger partial charge >= 0.3 is 0 Å². The minimum Gasteiger partial charge on any atom is -0.292 e. The van der Waals surface area contributed by atoms with Crippen molar-refractivity contribution in [3.63, 3.8) is 0 Å². The summed E-state index contributed by atoms with van der Waals surface area (Å²) in [6.07, 6.45) is 0. The molecule has 240 valence electrons. The lowest BCUT2D eigenvalue weighted by Gasteiger charge is -2.24. The molecule has 4 heteroatoms. The van der Waals surface area contributed by atoms with Crippen LogP contribution in [0.5, 0.6) is 0 Å². The predicted octanol–water partition coefficient (Wildman–Crippen LogP) is 11.0. The number of pyridine rings is 1. The molecule has 0 spiro atoms. The number of hydrogen-bond donors (Lipinski definition) is 0. The van der Waals surface area contributed by atoms with Gasteiger partial charge in [-0.15, -0.1) is 0 Å². The highest BCUT2D eigenvalue weighted by Gasteiger charge is 2.24. The van der Waals surface area contributed by atoms with Gasteiger partial charge in [0.25, 0.3) is 0 Å². The van der Waals surface area contributed by atoms with Crippen LogP contribution in [0, 0.1) is 0 Å². The Kier molecular flexibility index (Phi) is 6.99. The quantitative estimate of drug-likeness (QED) is 0.132. The van der Waals surface area contributed by atoms with E-state index in [4.69, 9.17) is 16.8 Å². The van der Waals surface area contributed by atoms with E-state index in [0.717, 1.165) is 22.2 Å². The van der Waals surface area contributed by atoms with Gasteiger partial charge in [-0.05, 0) is 79.3 Å².